The summed E-state index contributed by atoms with van der Waals surface area (Å²) in [5.74, 6) is 0.0656. The van der Waals surface area contributed by atoms with Gasteiger partial charge in [-0.2, -0.15) is 0 Å². The maximum absolute atomic E-state index is 13.1. The Labute approximate surface area is 210 Å². The highest BCUT2D eigenvalue weighted by molar-refractivity contribution is 6.04. The first-order chi connectivity index (χ1) is 17.4. The van der Waals surface area contributed by atoms with Crippen LogP contribution in [0.3, 0.4) is 0 Å². The van der Waals surface area contributed by atoms with Crippen LogP contribution < -0.4 is 15.4 Å². The number of ether oxygens (including phenoxy) is 2. The first-order valence-corrected chi connectivity index (χ1v) is 11.8. The number of nitrogens with one attached hydrogen (secondary N) is 2. The number of hydrogen-bond acceptors (Lipinski definition) is 5. The monoisotopic (exact) mass is 487 g/mol. The second-order valence-electron chi connectivity index (χ2n) is 8.57. The van der Waals surface area contributed by atoms with Crippen molar-refractivity contribution in [2.45, 2.75) is 32.5 Å². The zero-order valence-electron chi connectivity index (χ0n) is 20.5. The minimum atomic E-state index is -0.855. The first-order valence-electron chi connectivity index (χ1n) is 11.8. The predicted octanol–water partition coefficient (Wildman–Crippen LogP) is 4.45. The number of carbonyl (C=O) groups excluding carboxylic acids is 3. The normalized spacial score (nSPS) is 16.9. The van der Waals surface area contributed by atoms with Crippen LogP contribution in [0.4, 0.5) is 10.5 Å². The summed E-state index contributed by atoms with van der Waals surface area (Å²) < 4.78 is 10.8. The smallest absolute Gasteiger partial charge is 0.411 e. The Hall–Kier alpha value is -4.33. The van der Waals surface area contributed by atoms with Crippen molar-refractivity contribution in [2.75, 3.05) is 19.0 Å². The standard InChI is InChI=1S/C28H29N3O5/c1-4-29-27(33)24-25(36-28(34)31(24)17-19-10-8-18(2)9-11-19)21-6-5-7-22(16-21)30-26(32)20-12-14-23(35-3)15-13-20/h5-16,24-25H,4,17H2,1-3H3,(H,29,33)(H,30,32). The fourth-order valence-corrected chi connectivity index (χ4v) is 4.12. The second-order valence-corrected chi connectivity index (χ2v) is 8.57. The second kappa shape index (κ2) is 10.9. The summed E-state index contributed by atoms with van der Waals surface area (Å²) in [5.41, 5.74) is 3.61. The number of aryl methyl sites for hydroxylation is 1. The number of amides is 3. The predicted molar refractivity (Wildman–Crippen MR) is 136 cm³/mol. The minimum Gasteiger partial charge on any atom is -0.497 e. The van der Waals surface area contributed by atoms with E-state index in [4.69, 9.17) is 9.47 Å². The number of likely N-dealkylation sites (N-methyl/N-ethyl adjacent to an activating group) is 1. The summed E-state index contributed by atoms with van der Waals surface area (Å²) in [5, 5.41) is 5.68. The molecule has 3 aromatic carbocycles. The molecular formula is C28H29N3O5. The third-order valence-corrected chi connectivity index (χ3v) is 6.00. The molecule has 1 aliphatic rings. The van der Waals surface area contributed by atoms with Crippen molar-refractivity contribution in [3.05, 3.63) is 95.1 Å². The summed E-state index contributed by atoms with van der Waals surface area (Å²) in [4.78, 5) is 40.1. The minimum absolute atomic E-state index is 0.241. The highest BCUT2D eigenvalue weighted by Crippen LogP contribution is 2.35. The number of anilines is 1. The topological polar surface area (TPSA) is 97.0 Å². The van der Waals surface area contributed by atoms with Gasteiger partial charge in [-0.05, 0) is 61.4 Å². The Bertz CT molecular complexity index is 1240. The molecule has 0 aliphatic carbocycles. The lowest BCUT2D eigenvalue weighted by Gasteiger charge is -2.24. The Balaban J connectivity index is 1.57. The zero-order chi connectivity index (χ0) is 25.7. The first kappa shape index (κ1) is 24.8. The number of benzene rings is 3. The van der Waals surface area contributed by atoms with Crippen molar-refractivity contribution >= 4 is 23.6 Å². The van der Waals surface area contributed by atoms with E-state index in [1.54, 1.807) is 55.6 Å². The molecule has 0 radical (unpaired) electrons. The van der Waals surface area contributed by atoms with Crippen LogP contribution >= 0.6 is 0 Å². The molecule has 3 aromatic rings. The quantitative estimate of drug-likeness (QED) is 0.489. The van der Waals surface area contributed by atoms with Crippen molar-refractivity contribution in [1.29, 1.82) is 0 Å². The average Bonchev–Trinajstić information content (AvgIpc) is 3.21. The molecule has 1 heterocycles. The van der Waals surface area contributed by atoms with E-state index in [1.165, 1.54) is 4.90 Å². The van der Waals surface area contributed by atoms with E-state index in [2.05, 4.69) is 10.6 Å². The molecule has 0 saturated carbocycles. The number of hydrogen-bond donors (Lipinski definition) is 2. The van der Waals surface area contributed by atoms with E-state index in [9.17, 15) is 14.4 Å². The van der Waals surface area contributed by atoms with E-state index >= 15 is 0 Å². The Morgan fingerprint density at radius 1 is 1.03 bits per heavy atom. The summed E-state index contributed by atoms with van der Waals surface area (Å²) in [7, 11) is 1.56. The van der Waals surface area contributed by atoms with Gasteiger partial charge in [0.25, 0.3) is 5.91 Å². The van der Waals surface area contributed by atoms with Crippen LogP contribution in [-0.4, -0.2) is 42.5 Å². The van der Waals surface area contributed by atoms with Gasteiger partial charge in [0.1, 0.15) is 5.75 Å². The fraction of sp³-hybridized carbons (Fsp3) is 0.250. The lowest BCUT2D eigenvalue weighted by Crippen LogP contribution is -2.46. The molecule has 4 rings (SSSR count). The van der Waals surface area contributed by atoms with Gasteiger partial charge in [0, 0.05) is 17.8 Å². The van der Waals surface area contributed by atoms with Gasteiger partial charge in [-0.3, -0.25) is 14.5 Å². The molecule has 36 heavy (non-hydrogen) atoms. The molecule has 1 aliphatic heterocycles. The molecule has 186 valence electrons. The molecule has 0 bridgehead atoms. The number of nitrogens with zero attached hydrogens (tertiary/aromatic N) is 1. The zero-order valence-corrected chi connectivity index (χ0v) is 20.5. The van der Waals surface area contributed by atoms with Gasteiger partial charge in [0.05, 0.1) is 13.7 Å². The van der Waals surface area contributed by atoms with Gasteiger partial charge >= 0.3 is 6.09 Å². The Kier molecular flexibility index (Phi) is 7.53. The number of carbonyl (C=O) groups is 3. The molecule has 2 N–H and O–H groups in total. The average molecular weight is 488 g/mol. The molecule has 3 amide bonds. The van der Waals surface area contributed by atoms with Crippen molar-refractivity contribution < 1.29 is 23.9 Å². The van der Waals surface area contributed by atoms with Gasteiger partial charge in [-0.15, -0.1) is 0 Å². The molecule has 1 fully saturated rings. The van der Waals surface area contributed by atoms with E-state index in [0.717, 1.165) is 11.1 Å². The third-order valence-electron chi connectivity index (χ3n) is 6.00. The van der Waals surface area contributed by atoms with Crippen LogP contribution in [-0.2, 0) is 16.1 Å². The van der Waals surface area contributed by atoms with E-state index in [0.29, 0.717) is 29.1 Å². The number of cyclic esters (lactones) is 1. The van der Waals surface area contributed by atoms with Crippen molar-refractivity contribution in [3.8, 4) is 5.75 Å². The molecular weight excluding hydrogens is 458 g/mol. The number of methoxy groups -OCH3 is 1. The molecule has 1 saturated heterocycles. The largest absolute Gasteiger partial charge is 0.497 e. The van der Waals surface area contributed by atoms with Crippen molar-refractivity contribution in [2.24, 2.45) is 0 Å². The van der Waals surface area contributed by atoms with Gasteiger partial charge in [-0.25, -0.2) is 4.79 Å². The van der Waals surface area contributed by atoms with Gasteiger partial charge in [0.2, 0.25) is 5.91 Å². The SMILES string of the molecule is CCNC(=O)C1C(c2cccc(NC(=O)c3ccc(OC)cc3)c2)OC(=O)N1Cc1ccc(C)cc1. The van der Waals surface area contributed by atoms with Gasteiger partial charge < -0.3 is 20.1 Å². The molecule has 8 nitrogen and oxygen atoms in total. The highest BCUT2D eigenvalue weighted by atomic mass is 16.6. The Morgan fingerprint density at radius 2 is 1.75 bits per heavy atom. The summed E-state index contributed by atoms with van der Waals surface area (Å²) >= 11 is 0. The van der Waals surface area contributed by atoms with E-state index in [-0.39, 0.29) is 18.4 Å². The molecule has 0 aromatic heterocycles. The van der Waals surface area contributed by atoms with Crippen LogP contribution in [0.15, 0.2) is 72.8 Å². The van der Waals surface area contributed by atoms with Gasteiger partial charge in [0.15, 0.2) is 12.1 Å². The van der Waals surface area contributed by atoms with Crippen LogP contribution in [0.2, 0.25) is 0 Å². The van der Waals surface area contributed by atoms with Crippen molar-refractivity contribution in [1.82, 2.24) is 10.2 Å². The summed E-state index contributed by atoms with van der Waals surface area (Å²) in [6.45, 7) is 4.48. The summed E-state index contributed by atoms with van der Waals surface area (Å²) in [6, 6.07) is 20.7. The lowest BCUT2D eigenvalue weighted by molar-refractivity contribution is -0.126. The lowest BCUT2D eigenvalue weighted by atomic mass is 10.00. The highest BCUT2D eigenvalue weighted by Gasteiger charge is 2.46. The molecule has 0 spiro atoms. The van der Waals surface area contributed by atoms with E-state index in [1.807, 2.05) is 38.1 Å². The third kappa shape index (κ3) is 5.49. The molecule has 8 heteroatoms. The molecule has 2 atom stereocenters. The van der Waals surface area contributed by atoms with Crippen LogP contribution in [0.1, 0.15) is 40.1 Å². The fourth-order valence-electron chi connectivity index (χ4n) is 4.12. The van der Waals surface area contributed by atoms with Crippen molar-refractivity contribution in [3.63, 3.8) is 0 Å². The maximum atomic E-state index is 13.1. The van der Waals surface area contributed by atoms with Gasteiger partial charge in [-0.1, -0.05) is 42.0 Å². The van der Waals surface area contributed by atoms with Crippen LogP contribution in [0.5, 0.6) is 5.75 Å². The number of rotatable bonds is 8. The Morgan fingerprint density at radius 3 is 2.42 bits per heavy atom. The van der Waals surface area contributed by atoms with Crippen LogP contribution in [0, 0.1) is 6.92 Å². The maximum Gasteiger partial charge on any atom is 0.411 e. The van der Waals surface area contributed by atoms with Crippen LogP contribution in [0.25, 0.3) is 0 Å². The summed E-state index contributed by atoms with van der Waals surface area (Å²) in [6.07, 6.45) is -1.39. The molecule has 2 unspecified atom stereocenters. The van der Waals surface area contributed by atoms with E-state index < -0.39 is 18.2 Å².